The van der Waals surface area contributed by atoms with Crippen LogP contribution in [-0.4, -0.2) is 34.2 Å². The number of nitrogens with zero attached hydrogens (tertiary/aromatic N) is 2. The van der Waals surface area contributed by atoms with Gasteiger partial charge in [-0.05, 0) is 25.0 Å². The van der Waals surface area contributed by atoms with E-state index in [1.165, 1.54) is 4.90 Å². The van der Waals surface area contributed by atoms with Crippen LogP contribution in [0.2, 0.25) is 0 Å². The fourth-order valence-electron chi connectivity index (χ4n) is 4.07. The topological polar surface area (TPSA) is 76.6 Å². The molecule has 1 saturated carbocycles. The molecule has 1 aliphatic carbocycles. The highest BCUT2D eigenvalue weighted by Gasteiger charge is 2.47. The summed E-state index contributed by atoms with van der Waals surface area (Å²) in [5.74, 6) is -1.02. The Hall–Kier alpha value is -2.76. The molecule has 2 heterocycles. The number of aromatic nitrogens is 1. The third-order valence-corrected chi connectivity index (χ3v) is 5.51. The third-order valence-electron chi connectivity index (χ3n) is 5.51. The van der Waals surface area contributed by atoms with E-state index in [9.17, 15) is 14.4 Å². The van der Waals surface area contributed by atoms with Crippen LogP contribution in [0.15, 0.2) is 36.4 Å². The Morgan fingerprint density at radius 1 is 1.04 bits per heavy atom. The molecule has 2 atom stereocenters. The Balaban J connectivity index is 1.30. The summed E-state index contributed by atoms with van der Waals surface area (Å²) in [6, 6.07) is 11.5. The van der Waals surface area contributed by atoms with Gasteiger partial charge in [-0.15, -0.1) is 0 Å². The van der Waals surface area contributed by atoms with Crippen molar-refractivity contribution in [1.82, 2.24) is 9.88 Å². The van der Waals surface area contributed by atoms with Gasteiger partial charge in [-0.2, -0.15) is 0 Å². The molecule has 0 unspecified atom stereocenters. The Labute approximate surface area is 157 Å². The van der Waals surface area contributed by atoms with Crippen LogP contribution >= 0.6 is 0 Å². The van der Waals surface area contributed by atoms with Gasteiger partial charge in [0.05, 0.1) is 29.5 Å². The van der Waals surface area contributed by atoms with E-state index >= 15 is 0 Å². The van der Waals surface area contributed by atoms with Crippen LogP contribution in [0.1, 0.15) is 37.8 Å². The summed E-state index contributed by atoms with van der Waals surface area (Å²) in [5, 5.41) is 1.03. The van der Waals surface area contributed by atoms with Gasteiger partial charge >= 0.3 is 5.97 Å². The largest absolute Gasteiger partial charge is 0.459 e. The van der Waals surface area contributed by atoms with Crippen LogP contribution in [0, 0.1) is 11.8 Å². The lowest BCUT2D eigenvalue weighted by molar-refractivity contribution is -0.146. The van der Waals surface area contributed by atoms with Crippen molar-refractivity contribution in [2.45, 2.75) is 38.7 Å². The number of carbonyl (C=O) groups excluding carboxylic acids is 3. The highest BCUT2D eigenvalue weighted by molar-refractivity contribution is 6.05. The number of fused-ring (bicyclic) bond motifs is 2. The summed E-state index contributed by atoms with van der Waals surface area (Å²) >= 11 is 0. The van der Waals surface area contributed by atoms with E-state index in [4.69, 9.17) is 4.74 Å². The number of ether oxygens (including phenoxy) is 1. The Bertz CT molecular complexity index is 871. The van der Waals surface area contributed by atoms with Crippen molar-refractivity contribution in [2.75, 3.05) is 6.54 Å². The monoisotopic (exact) mass is 366 g/mol. The van der Waals surface area contributed by atoms with E-state index in [1.54, 1.807) is 0 Å². The smallest absolute Gasteiger partial charge is 0.307 e. The average Bonchev–Trinajstić information content (AvgIpc) is 2.95. The van der Waals surface area contributed by atoms with Gasteiger partial charge in [0.1, 0.15) is 6.61 Å². The molecule has 1 aromatic heterocycles. The van der Waals surface area contributed by atoms with Crippen LogP contribution in [0.25, 0.3) is 10.9 Å². The van der Waals surface area contributed by atoms with Crippen molar-refractivity contribution in [3.8, 4) is 0 Å². The van der Waals surface area contributed by atoms with Crippen LogP contribution in [-0.2, 0) is 25.7 Å². The van der Waals surface area contributed by atoms with Gasteiger partial charge < -0.3 is 4.74 Å². The zero-order valence-electron chi connectivity index (χ0n) is 15.1. The maximum absolute atomic E-state index is 12.4. The number of esters is 1. The number of amides is 2. The first-order valence-corrected chi connectivity index (χ1v) is 9.49. The Kier molecular flexibility index (Phi) is 4.88. The van der Waals surface area contributed by atoms with Crippen LogP contribution in [0.4, 0.5) is 0 Å². The minimum absolute atomic E-state index is 0.0184. The number of imide groups is 1. The van der Waals surface area contributed by atoms with Crippen LogP contribution < -0.4 is 0 Å². The molecule has 0 spiro atoms. The van der Waals surface area contributed by atoms with Crippen molar-refractivity contribution in [1.29, 1.82) is 0 Å². The van der Waals surface area contributed by atoms with E-state index in [0.717, 1.165) is 36.6 Å². The Morgan fingerprint density at radius 3 is 2.48 bits per heavy atom. The zero-order valence-corrected chi connectivity index (χ0v) is 15.1. The summed E-state index contributed by atoms with van der Waals surface area (Å²) in [5.41, 5.74) is 1.52. The van der Waals surface area contributed by atoms with Gasteiger partial charge in [0.2, 0.25) is 11.8 Å². The second kappa shape index (κ2) is 7.47. The number of carbonyl (C=O) groups is 3. The quantitative estimate of drug-likeness (QED) is 0.601. The molecule has 1 aromatic carbocycles. The van der Waals surface area contributed by atoms with Gasteiger partial charge in [0.15, 0.2) is 0 Å². The summed E-state index contributed by atoms with van der Waals surface area (Å²) in [7, 11) is 0. The lowest BCUT2D eigenvalue weighted by Gasteiger charge is -2.19. The molecule has 6 heteroatoms. The lowest BCUT2D eigenvalue weighted by Crippen LogP contribution is -2.33. The maximum atomic E-state index is 12.4. The summed E-state index contributed by atoms with van der Waals surface area (Å²) < 4.78 is 5.28. The average molecular weight is 366 g/mol. The van der Waals surface area contributed by atoms with Crippen molar-refractivity contribution >= 4 is 28.7 Å². The van der Waals surface area contributed by atoms with Gasteiger partial charge in [-0.3, -0.25) is 19.3 Å². The second-order valence-corrected chi connectivity index (χ2v) is 7.23. The summed E-state index contributed by atoms with van der Waals surface area (Å²) in [6.07, 6.45) is 3.57. The second-order valence-electron chi connectivity index (χ2n) is 7.23. The predicted octanol–water partition coefficient (Wildman–Crippen LogP) is 2.84. The predicted molar refractivity (Wildman–Crippen MR) is 98.3 cm³/mol. The van der Waals surface area contributed by atoms with E-state index in [1.807, 2.05) is 36.4 Å². The van der Waals surface area contributed by atoms with E-state index in [0.29, 0.717) is 5.69 Å². The molecule has 0 radical (unpaired) electrons. The summed E-state index contributed by atoms with van der Waals surface area (Å²) in [6.45, 7) is 0.186. The van der Waals surface area contributed by atoms with E-state index < -0.39 is 5.97 Å². The highest BCUT2D eigenvalue weighted by atomic mass is 16.5. The van der Waals surface area contributed by atoms with Crippen LogP contribution in [0.3, 0.4) is 0 Å². The third kappa shape index (κ3) is 3.56. The fourth-order valence-corrected chi connectivity index (χ4v) is 4.07. The first-order chi connectivity index (χ1) is 13.1. The molecule has 2 fully saturated rings. The molecule has 6 nitrogen and oxygen atoms in total. The molecule has 2 aliphatic rings. The number of benzene rings is 1. The molecule has 1 saturated heterocycles. The van der Waals surface area contributed by atoms with Gasteiger partial charge in [-0.1, -0.05) is 37.1 Å². The molecule has 2 aromatic rings. The molecule has 27 heavy (non-hydrogen) atoms. The number of likely N-dealkylation sites (tertiary alicyclic amines) is 1. The molecular weight excluding hydrogens is 344 g/mol. The highest BCUT2D eigenvalue weighted by Crippen LogP contribution is 2.37. The van der Waals surface area contributed by atoms with Crippen LogP contribution in [0.5, 0.6) is 0 Å². The molecule has 0 bridgehead atoms. The zero-order chi connectivity index (χ0) is 18.8. The van der Waals surface area contributed by atoms with E-state index in [2.05, 4.69) is 4.98 Å². The first-order valence-electron chi connectivity index (χ1n) is 9.49. The lowest BCUT2D eigenvalue weighted by atomic mass is 9.81. The van der Waals surface area contributed by atoms with Gasteiger partial charge in [-0.25, -0.2) is 4.98 Å². The molecule has 0 N–H and O–H groups in total. The fraction of sp³-hybridized carbons (Fsp3) is 0.429. The molecule has 2 amide bonds. The van der Waals surface area contributed by atoms with Crippen molar-refractivity contribution < 1.29 is 19.1 Å². The number of para-hydroxylation sites is 1. The van der Waals surface area contributed by atoms with E-state index in [-0.39, 0.29) is 43.2 Å². The van der Waals surface area contributed by atoms with Gasteiger partial charge in [0, 0.05) is 11.9 Å². The maximum Gasteiger partial charge on any atom is 0.307 e. The number of hydrogen-bond acceptors (Lipinski definition) is 5. The van der Waals surface area contributed by atoms with Crippen molar-refractivity contribution in [2.24, 2.45) is 11.8 Å². The Morgan fingerprint density at radius 2 is 1.74 bits per heavy atom. The molecule has 140 valence electrons. The van der Waals surface area contributed by atoms with Gasteiger partial charge in [0.25, 0.3) is 0 Å². The SMILES string of the molecule is O=C(CCN1C(=O)[C@@H]2CCCC[C@H]2C1=O)OCc1ccc2ccccc2n1. The molecular formula is C21H22N2O4. The van der Waals surface area contributed by atoms with Crippen molar-refractivity contribution in [3.63, 3.8) is 0 Å². The first kappa shape index (κ1) is 17.6. The number of rotatable bonds is 5. The standard InChI is InChI=1S/C21H22N2O4/c24-19(27-13-15-10-9-14-5-1-4-8-18(14)22-15)11-12-23-20(25)16-6-2-3-7-17(16)21(23)26/h1,4-5,8-10,16-17H,2-3,6-7,11-13H2/t16-,17-/m1/s1. The molecule has 4 rings (SSSR count). The number of pyridine rings is 1. The normalized spacial score (nSPS) is 22.1. The minimum Gasteiger partial charge on any atom is -0.459 e. The molecule has 1 aliphatic heterocycles. The number of hydrogen-bond donors (Lipinski definition) is 0. The minimum atomic E-state index is -0.430. The summed E-state index contributed by atoms with van der Waals surface area (Å²) in [4.78, 5) is 42.6. The van der Waals surface area contributed by atoms with Crippen molar-refractivity contribution in [3.05, 3.63) is 42.1 Å².